The number of benzene rings is 2. The first-order valence-electron chi connectivity index (χ1n) is 7.73. The van der Waals surface area contributed by atoms with Crippen molar-refractivity contribution in [1.29, 1.82) is 0 Å². The highest BCUT2D eigenvalue weighted by Crippen LogP contribution is 2.30. The summed E-state index contributed by atoms with van der Waals surface area (Å²) in [6, 6.07) is 15.0. The summed E-state index contributed by atoms with van der Waals surface area (Å²) in [5.74, 6) is 1.66. The quantitative estimate of drug-likeness (QED) is 0.615. The Kier molecular flexibility index (Phi) is 4.66. The molecule has 3 rings (SSSR count). The summed E-state index contributed by atoms with van der Waals surface area (Å²) in [5.41, 5.74) is 2.15. The van der Waals surface area contributed by atoms with Crippen LogP contribution in [0.3, 0.4) is 0 Å². The van der Waals surface area contributed by atoms with Gasteiger partial charge >= 0.3 is 5.97 Å². The first-order chi connectivity index (χ1) is 11.7. The minimum absolute atomic E-state index is 0.371. The van der Waals surface area contributed by atoms with Crippen molar-refractivity contribution in [2.75, 3.05) is 13.7 Å². The largest absolute Gasteiger partial charge is 0.496 e. The van der Waals surface area contributed by atoms with Crippen molar-refractivity contribution in [1.82, 2.24) is 0 Å². The van der Waals surface area contributed by atoms with E-state index in [0.717, 1.165) is 16.9 Å². The molecule has 2 aromatic rings. The van der Waals surface area contributed by atoms with E-state index in [4.69, 9.17) is 14.2 Å². The topological polar surface area (TPSA) is 44.8 Å². The Hall–Kier alpha value is -3.01. The lowest BCUT2D eigenvalue weighted by Gasteiger charge is -2.05. The molecule has 0 spiro atoms. The van der Waals surface area contributed by atoms with Crippen LogP contribution in [0.5, 0.6) is 11.5 Å². The second-order valence-corrected chi connectivity index (χ2v) is 5.20. The Morgan fingerprint density at radius 2 is 1.83 bits per heavy atom. The van der Waals surface area contributed by atoms with Crippen LogP contribution < -0.4 is 9.47 Å². The number of methoxy groups -OCH3 is 1. The minimum Gasteiger partial charge on any atom is -0.496 e. The minimum atomic E-state index is -0.371. The fourth-order valence-corrected chi connectivity index (χ4v) is 2.47. The fourth-order valence-electron chi connectivity index (χ4n) is 2.47. The summed E-state index contributed by atoms with van der Waals surface area (Å²) in [6.45, 7) is 2.55. The van der Waals surface area contributed by atoms with Crippen molar-refractivity contribution in [3.8, 4) is 11.5 Å². The van der Waals surface area contributed by atoms with E-state index in [1.807, 2.05) is 55.5 Å². The van der Waals surface area contributed by atoms with Crippen LogP contribution in [0.25, 0.3) is 11.8 Å². The Balaban J connectivity index is 1.88. The van der Waals surface area contributed by atoms with Gasteiger partial charge in [-0.05, 0) is 49.4 Å². The summed E-state index contributed by atoms with van der Waals surface area (Å²) in [5, 5.41) is 0. The third-order valence-corrected chi connectivity index (χ3v) is 3.62. The highest BCUT2D eigenvalue weighted by molar-refractivity contribution is 6.05. The first kappa shape index (κ1) is 15.9. The number of hydrogen-bond donors (Lipinski definition) is 0. The van der Waals surface area contributed by atoms with Crippen molar-refractivity contribution in [3.63, 3.8) is 0 Å². The van der Waals surface area contributed by atoms with Crippen molar-refractivity contribution < 1.29 is 19.0 Å². The molecule has 4 nitrogen and oxygen atoms in total. The van der Waals surface area contributed by atoms with Crippen LogP contribution in [0.1, 0.15) is 18.1 Å². The Morgan fingerprint density at radius 1 is 1.08 bits per heavy atom. The molecule has 0 bridgehead atoms. The van der Waals surface area contributed by atoms with Crippen LogP contribution in [0.15, 0.2) is 60.2 Å². The van der Waals surface area contributed by atoms with Crippen molar-refractivity contribution >= 4 is 17.8 Å². The normalized spacial score (nSPS) is 15.2. The highest BCUT2D eigenvalue weighted by Gasteiger charge is 2.22. The number of rotatable bonds is 5. The number of carbonyl (C=O) groups excluding carboxylic acids is 1. The molecular weight excluding hydrogens is 304 g/mol. The molecule has 0 aliphatic carbocycles. The van der Waals surface area contributed by atoms with Gasteiger partial charge < -0.3 is 14.2 Å². The van der Waals surface area contributed by atoms with Gasteiger partial charge in [-0.15, -0.1) is 0 Å². The van der Waals surface area contributed by atoms with E-state index >= 15 is 0 Å². The zero-order chi connectivity index (χ0) is 16.9. The lowest BCUT2D eigenvalue weighted by atomic mass is 10.1. The molecule has 0 aromatic heterocycles. The molecule has 4 heteroatoms. The summed E-state index contributed by atoms with van der Waals surface area (Å²) < 4.78 is 16.1. The molecule has 2 aromatic carbocycles. The zero-order valence-corrected chi connectivity index (χ0v) is 13.6. The third kappa shape index (κ3) is 3.33. The number of carbonyl (C=O) groups is 1. The van der Waals surface area contributed by atoms with Crippen molar-refractivity contribution in [2.45, 2.75) is 6.92 Å². The molecule has 0 fully saturated rings. The maximum atomic E-state index is 12.1. The van der Waals surface area contributed by atoms with Crippen LogP contribution in [-0.2, 0) is 9.53 Å². The van der Waals surface area contributed by atoms with Gasteiger partial charge in [0.15, 0.2) is 0 Å². The molecule has 122 valence electrons. The summed E-state index contributed by atoms with van der Waals surface area (Å²) >= 11 is 0. The molecule has 0 amide bonds. The molecule has 24 heavy (non-hydrogen) atoms. The van der Waals surface area contributed by atoms with Crippen LogP contribution in [0, 0.1) is 0 Å². The molecule has 1 aliphatic heterocycles. The molecule has 0 N–H and O–H groups in total. The molecule has 0 atom stereocenters. The number of ether oxygens (including phenoxy) is 3. The number of hydrogen-bond acceptors (Lipinski definition) is 4. The van der Waals surface area contributed by atoms with Crippen LogP contribution >= 0.6 is 0 Å². The molecular formula is C20H18O4. The van der Waals surface area contributed by atoms with Gasteiger partial charge in [0.05, 0.1) is 19.3 Å². The number of esters is 1. The number of para-hydroxylation sites is 1. The van der Waals surface area contributed by atoms with E-state index in [1.165, 1.54) is 0 Å². The van der Waals surface area contributed by atoms with Crippen molar-refractivity contribution in [2.24, 2.45) is 0 Å². The Labute approximate surface area is 141 Å². The standard InChI is InChI=1S/C20H18O4/c1-3-23-17-10-8-14(9-11-17)19-13-16(20(21)24-19)12-15-6-4-5-7-18(15)22-2/h4-13H,3H2,1-2H3. The van der Waals surface area contributed by atoms with Gasteiger partial charge in [-0.2, -0.15) is 0 Å². The predicted molar refractivity (Wildman–Crippen MR) is 92.7 cm³/mol. The monoisotopic (exact) mass is 322 g/mol. The maximum absolute atomic E-state index is 12.1. The molecule has 1 heterocycles. The van der Waals surface area contributed by atoms with E-state index < -0.39 is 0 Å². The van der Waals surface area contributed by atoms with Crippen LogP contribution in [0.2, 0.25) is 0 Å². The van der Waals surface area contributed by atoms with E-state index in [2.05, 4.69) is 0 Å². The predicted octanol–water partition coefficient (Wildman–Crippen LogP) is 4.08. The second kappa shape index (κ2) is 7.04. The van der Waals surface area contributed by atoms with E-state index in [1.54, 1.807) is 19.3 Å². The van der Waals surface area contributed by atoms with Gasteiger partial charge in [0.2, 0.25) is 0 Å². The lowest BCUT2D eigenvalue weighted by molar-refractivity contribution is -0.130. The van der Waals surface area contributed by atoms with Gasteiger partial charge in [0.1, 0.15) is 17.3 Å². The van der Waals surface area contributed by atoms with E-state index in [9.17, 15) is 4.79 Å². The van der Waals surface area contributed by atoms with Gasteiger partial charge in [-0.1, -0.05) is 18.2 Å². The SMILES string of the molecule is CCOc1ccc(C2=CC(=Cc3ccccc3OC)C(=O)O2)cc1. The van der Waals surface area contributed by atoms with Gasteiger partial charge in [-0.3, -0.25) is 0 Å². The summed E-state index contributed by atoms with van der Waals surface area (Å²) in [7, 11) is 1.60. The third-order valence-electron chi connectivity index (χ3n) is 3.62. The zero-order valence-electron chi connectivity index (χ0n) is 13.6. The van der Waals surface area contributed by atoms with Crippen LogP contribution in [0.4, 0.5) is 0 Å². The summed E-state index contributed by atoms with van der Waals surface area (Å²) in [4.78, 5) is 12.1. The number of cyclic esters (lactones) is 1. The average molecular weight is 322 g/mol. The highest BCUT2D eigenvalue weighted by atomic mass is 16.5. The molecule has 1 aliphatic rings. The molecule has 0 saturated heterocycles. The molecule has 0 radical (unpaired) electrons. The average Bonchev–Trinajstić information content (AvgIpc) is 2.97. The molecule has 0 unspecified atom stereocenters. The maximum Gasteiger partial charge on any atom is 0.343 e. The van der Waals surface area contributed by atoms with Crippen LogP contribution in [-0.4, -0.2) is 19.7 Å². The second-order valence-electron chi connectivity index (χ2n) is 5.20. The Morgan fingerprint density at radius 3 is 2.54 bits per heavy atom. The molecule has 0 saturated carbocycles. The van der Waals surface area contributed by atoms with Gasteiger partial charge in [0.25, 0.3) is 0 Å². The van der Waals surface area contributed by atoms with E-state index in [0.29, 0.717) is 23.7 Å². The Bertz CT molecular complexity index is 801. The van der Waals surface area contributed by atoms with Gasteiger partial charge in [0, 0.05) is 11.1 Å². The van der Waals surface area contributed by atoms with E-state index in [-0.39, 0.29) is 5.97 Å². The summed E-state index contributed by atoms with van der Waals surface area (Å²) in [6.07, 6.45) is 3.51. The van der Waals surface area contributed by atoms with Crippen molar-refractivity contribution in [3.05, 3.63) is 71.3 Å². The smallest absolute Gasteiger partial charge is 0.343 e. The van der Waals surface area contributed by atoms with Gasteiger partial charge in [-0.25, -0.2) is 4.79 Å². The fraction of sp³-hybridized carbons (Fsp3) is 0.150. The first-order valence-corrected chi connectivity index (χ1v) is 7.73. The lowest BCUT2D eigenvalue weighted by Crippen LogP contribution is -1.97.